The lowest BCUT2D eigenvalue weighted by Gasteiger charge is -2.21. The molecule has 1 aliphatic heterocycles. The number of Topliss-reactive ketones (excluding diaryl/α,β-unsaturated/α-hetero) is 1. The molecule has 0 amide bonds. The molecule has 2 unspecified atom stereocenters. The van der Waals surface area contributed by atoms with Crippen LogP contribution in [0.1, 0.15) is 30.6 Å². The molecule has 0 aliphatic carbocycles. The first kappa shape index (κ1) is 14.5. The van der Waals surface area contributed by atoms with Crippen LogP contribution in [0.3, 0.4) is 0 Å². The van der Waals surface area contributed by atoms with Crippen LogP contribution in [0.25, 0.3) is 0 Å². The Kier molecular flexibility index (Phi) is 4.04. The Morgan fingerprint density at radius 3 is 2.75 bits per heavy atom. The Balaban J connectivity index is 2.32. The molecule has 1 saturated heterocycles. The monoisotopic (exact) mass is 278 g/mol. The number of ketones is 1. The Hall–Kier alpha value is -1.95. The van der Waals surface area contributed by atoms with Crippen LogP contribution in [0.5, 0.6) is 0 Å². The predicted octanol–water partition coefficient (Wildman–Crippen LogP) is 2.00. The fourth-order valence-electron chi connectivity index (χ4n) is 2.60. The van der Waals surface area contributed by atoms with Crippen LogP contribution in [-0.2, 0) is 0 Å². The van der Waals surface area contributed by atoms with E-state index in [1.54, 1.807) is 13.0 Å². The molecule has 0 spiro atoms. The number of non-ortho nitro benzene ring substituents is 1. The minimum absolute atomic E-state index is 0.0785. The summed E-state index contributed by atoms with van der Waals surface area (Å²) in [6.07, 6.45) is 0.463. The average Bonchev–Trinajstić information content (AvgIpc) is 2.87. The highest BCUT2D eigenvalue weighted by molar-refractivity contribution is 6.00. The molecule has 1 aliphatic rings. The van der Waals surface area contributed by atoms with Gasteiger partial charge in [-0.25, -0.2) is 0 Å². The standard InChI is InChI=1S/C14H18N2O4/c1-9(17)11-5-6-15(8-11)14-4-3-12(16(19)20)7-13(14)10(2)18/h3-4,7,9,11,17H,5-6,8H2,1-2H3. The lowest BCUT2D eigenvalue weighted by molar-refractivity contribution is -0.384. The number of carbonyl (C=O) groups is 1. The van der Waals surface area contributed by atoms with Crippen molar-refractivity contribution in [2.75, 3.05) is 18.0 Å². The van der Waals surface area contributed by atoms with Gasteiger partial charge in [0.2, 0.25) is 0 Å². The molecular formula is C14H18N2O4. The zero-order chi connectivity index (χ0) is 14.9. The van der Waals surface area contributed by atoms with Gasteiger partial charge in [-0.15, -0.1) is 0 Å². The normalized spacial score (nSPS) is 19.9. The summed E-state index contributed by atoms with van der Waals surface area (Å²) in [6, 6.07) is 4.37. The molecule has 1 N–H and O–H groups in total. The van der Waals surface area contributed by atoms with Crippen molar-refractivity contribution in [1.29, 1.82) is 0 Å². The SMILES string of the molecule is CC(=O)c1cc([N+](=O)[O-])ccc1N1CCC(C(C)O)C1. The van der Waals surface area contributed by atoms with Crippen LogP contribution in [-0.4, -0.2) is 35.0 Å². The summed E-state index contributed by atoms with van der Waals surface area (Å²) in [6.45, 7) is 4.57. The molecule has 0 aromatic heterocycles. The second-order valence-electron chi connectivity index (χ2n) is 5.25. The number of anilines is 1. The van der Waals surface area contributed by atoms with E-state index in [-0.39, 0.29) is 23.5 Å². The van der Waals surface area contributed by atoms with Crippen molar-refractivity contribution in [3.8, 4) is 0 Å². The molecule has 0 saturated carbocycles. The molecule has 1 aromatic carbocycles. The number of rotatable bonds is 4. The van der Waals surface area contributed by atoms with Crippen LogP contribution in [0.2, 0.25) is 0 Å². The van der Waals surface area contributed by atoms with Gasteiger partial charge in [0.15, 0.2) is 5.78 Å². The Bertz CT molecular complexity index is 542. The molecule has 1 fully saturated rings. The third-order valence-electron chi connectivity index (χ3n) is 3.82. The third kappa shape index (κ3) is 2.80. The maximum Gasteiger partial charge on any atom is 0.270 e. The van der Waals surface area contributed by atoms with Gasteiger partial charge in [0.1, 0.15) is 0 Å². The van der Waals surface area contributed by atoms with Crippen molar-refractivity contribution < 1.29 is 14.8 Å². The maximum absolute atomic E-state index is 11.7. The van der Waals surface area contributed by atoms with Gasteiger partial charge in [0, 0.05) is 42.4 Å². The maximum atomic E-state index is 11.7. The lowest BCUT2D eigenvalue weighted by Crippen LogP contribution is -2.25. The number of carbonyl (C=O) groups excluding carboxylic acids is 1. The van der Waals surface area contributed by atoms with E-state index in [1.807, 2.05) is 4.90 Å². The van der Waals surface area contributed by atoms with Crippen molar-refractivity contribution in [1.82, 2.24) is 0 Å². The highest BCUT2D eigenvalue weighted by atomic mass is 16.6. The first-order valence-corrected chi connectivity index (χ1v) is 6.62. The van der Waals surface area contributed by atoms with Gasteiger partial charge in [-0.2, -0.15) is 0 Å². The summed E-state index contributed by atoms with van der Waals surface area (Å²) in [5, 5.41) is 20.4. The fraction of sp³-hybridized carbons (Fsp3) is 0.500. The lowest BCUT2D eigenvalue weighted by atomic mass is 10.0. The molecule has 0 bridgehead atoms. The van der Waals surface area contributed by atoms with E-state index in [1.165, 1.54) is 19.1 Å². The van der Waals surface area contributed by atoms with Crippen LogP contribution >= 0.6 is 0 Å². The highest BCUT2D eigenvalue weighted by Gasteiger charge is 2.28. The number of hydrogen-bond donors (Lipinski definition) is 1. The van der Waals surface area contributed by atoms with E-state index < -0.39 is 4.92 Å². The summed E-state index contributed by atoms with van der Waals surface area (Å²) in [7, 11) is 0. The van der Waals surface area contributed by atoms with E-state index in [2.05, 4.69) is 0 Å². The summed E-state index contributed by atoms with van der Waals surface area (Å²) < 4.78 is 0. The quantitative estimate of drug-likeness (QED) is 0.517. The number of benzene rings is 1. The van der Waals surface area contributed by atoms with Crippen molar-refractivity contribution in [3.05, 3.63) is 33.9 Å². The second kappa shape index (κ2) is 5.58. The van der Waals surface area contributed by atoms with Gasteiger partial charge in [-0.05, 0) is 26.3 Å². The molecule has 1 heterocycles. The number of hydrogen-bond acceptors (Lipinski definition) is 5. The van der Waals surface area contributed by atoms with Gasteiger partial charge >= 0.3 is 0 Å². The number of nitrogens with zero attached hydrogens (tertiary/aromatic N) is 2. The second-order valence-corrected chi connectivity index (χ2v) is 5.25. The number of nitro benzene ring substituents is 1. The smallest absolute Gasteiger partial charge is 0.270 e. The van der Waals surface area contributed by atoms with E-state index in [0.29, 0.717) is 17.8 Å². The van der Waals surface area contributed by atoms with E-state index >= 15 is 0 Å². The van der Waals surface area contributed by atoms with Crippen molar-refractivity contribution in [3.63, 3.8) is 0 Å². The molecular weight excluding hydrogens is 260 g/mol. The zero-order valence-electron chi connectivity index (χ0n) is 11.6. The molecule has 108 valence electrons. The first-order chi connectivity index (χ1) is 9.40. The fourth-order valence-corrected chi connectivity index (χ4v) is 2.60. The molecule has 2 rings (SSSR count). The highest BCUT2D eigenvalue weighted by Crippen LogP contribution is 2.31. The average molecular weight is 278 g/mol. The van der Waals surface area contributed by atoms with E-state index in [4.69, 9.17) is 0 Å². The minimum Gasteiger partial charge on any atom is -0.393 e. The third-order valence-corrected chi connectivity index (χ3v) is 3.82. The number of aliphatic hydroxyl groups excluding tert-OH is 1. The number of nitro groups is 1. The molecule has 6 nitrogen and oxygen atoms in total. The molecule has 1 aromatic rings. The minimum atomic E-state index is -0.501. The molecule has 0 radical (unpaired) electrons. The zero-order valence-corrected chi connectivity index (χ0v) is 11.6. The largest absolute Gasteiger partial charge is 0.393 e. The van der Waals surface area contributed by atoms with Gasteiger partial charge in [0.05, 0.1) is 11.0 Å². The van der Waals surface area contributed by atoms with Crippen LogP contribution < -0.4 is 4.90 Å². The summed E-state index contributed by atoms with van der Waals surface area (Å²) >= 11 is 0. The van der Waals surface area contributed by atoms with Gasteiger partial charge in [-0.3, -0.25) is 14.9 Å². The Labute approximate surface area is 117 Å². The Morgan fingerprint density at radius 1 is 1.55 bits per heavy atom. The molecule has 2 atom stereocenters. The molecule has 6 heteroatoms. The molecule has 20 heavy (non-hydrogen) atoms. The predicted molar refractivity (Wildman–Crippen MR) is 75.1 cm³/mol. The van der Waals surface area contributed by atoms with E-state index in [0.717, 1.165) is 13.0 Å². The number of aliphatic hydroxyl groups is 1. The van der Waals surface area contributed by atoms with Crippen LogP contribution in [0.4, 0.5) is 11.4 Å². The van der Waals surface area contributed by atoms with Gasteiger partial charge < -0.3 is 10.0 Å². The van der Waals surface area contributed by atoms with Crippen LogP contribution in [0.15, 0.2) is 18.2 Å². The van der Waals surface area contributed by atoms with E-state index in [9.17, 15) is 20.0 Å². The van der Waals surface area contributed by atoms with Crippen LogP contribution in [0, 0.1) is 16.0 Å². The van der Waals surface area contributed by atoms with Crippen molar-refractivity contribution in [2.45, 2.75) is 26.4 Å². The van der Waals surface area contributed by atoms with Gasteiger partial charge in [0.25, 0.3) is 5.69 Å². The summed E-state index contributed by atoms with van der Waals surface area (Å²) in [4.78, 5) is 24.0. The van der Waals surface area contributed by atoms with Crippen molar-refractivity contribution >= 4 is 17.2 Å². The first-order valence-electron chi connectivity index (χ1n) is 6.62. The Morgan fingerprint density at radius 2 is 2.25 bits per heavy atom. The topological polar surface area (TPSA) is 83.7 Å². The summed E-state index contributed by atoms with van der Waals surface area (Å²) in [5.41, 5.74) is 1.00. The summed E-state index contributed by atoms with van der Waals surface area (Å²) in [5.74, 6) is -0.0193. The van der Waals surface area contributed by atoms with Crippen molar-refractivity contribution in [2.24, 2.45) is 5.92 Å². The van der Waals surface area contributed by atoms with Gasteiger partial charge in [-0.1, -0.05) is 0 Å².